The van der Waals surface area contributed by atoms with Crippen molar-refractivity contribution in [3.63, 3.8) is 0 Å². The van der Waals surface area contributed by atoms with Gasteiger partial charge in [0, 0.05) is 22.9 Å². The van der Waals surface area contributed by atoms with E-state index in [0.717, 1.165) is 22.5 Å². The second-order valence-electron chi connectivity index (χ2n) is 7.01. The van der Waals surface area contributed by atoms with Crippen LogP contribution in [0.4, 0.5) is 0 Å². The summed E-state index contributed by atoms with van der Waals surface area (Å²) < 4.78 is 7.06. The zero-order valence-corrected chi connectivity index (χ0v) is 16.9. The fourth-order valence-corrected chi connectivity index (χ4v) is 3.20. The first-order valence-electron chi connectivity index (χ1n) is 9.72. The SMILES string of the molecule is COc1cccc(C(=O)/C=C/c2cn(-c3ccccc3)nc2-c2ccc(C)cc2)c1. The highest BCUT2D eigenvalue weighted by molar-refractivity contribution is 6.07. The van der Waals surface area contributed by atoms with Crippen molar-refractivity contribution in [3.05, 3.63) is 108 Å². The maximum absolute atomic E-state index is 12.7. The Morgan fingerprint density at radius 3 is 2.47 bits per heavy atom. The molecule has 3 aromatic carbocycles. The molecule has 0 amide bonds. The predicted octanol–water partition coefficient (Wildman–Crippen LogP) is 5.75. The van der Waals surface area contributed by atoms with Gasteiger partial charge in [-0.1, -0.05) is 60.2 Å². The molecule has 4 aromatic rings. The van der Waals surface area contributed by atoms with E-state index in [0.29, 0.717) is 11.3 Å². The van der Waals surface area contributed by atoms with Gasteiger partial charge in [-0.2, -0.15) is 5.10 Å². The van der Waals surface area contributed by atoms with Gasteiger partial charge in [-0.3, -0.25) is 4.79 Å². The van der Waals surface area contributed by atoms with Gasteiger partial charge in [0.1, 0.15) is 5.75 Å². The highest BCUT2D eigenvalue weighted by Crippen LogP contribution is 2.25. The van der Waals surface area contributed by atoms with Gasteiger partial charge in [-0.05, 0) is 43.3 Å². The lowest BCUT2D eigenvalue weighted by Crippen LogP contribution is -1.95. The fraction of sp³-hybridized carbons (Fsp3) is 0.0769. The van der Waals surface area contributed by atoms with Crippen molar-refractivity contribution in [1.29, 1.82) is 0 Å². The number of allylic oxidation sites excluding steroid dienone is 1. The lowest BCUT2D eigenvalue weighted by molar-refractivity contribution is 0.104. The van der Waals surface area contributed by atoms with E-state index in [2.05, 4.69) is 19.1 Å². The molecule has 1 aromatic heterocycles. The van der Waals surface area contributed by atoms with Crippen molar-refractivity contribution >= 4 is 11.9 Å². The molecular formula is C26H22N2O2. The summed E-state index contributed by atoms with van der Waals surface area (Å²) in [6.45, 7) is 2.06. The van der Waals surface area contributed by atoms with E-state index >= 15 is 0 Å². The molecule has 4 nitrogen and oxygen atoms in total. The highest BCUT2D eigenvalue weighted by Gasteiger charge is 2.11. The number of para-hydroxylation sites is 1. The molecule has 0 unspecified atom stereocenters. The average Bonchev–Trinajstić information content (AvgIpc) is 3.23. The molecule has 0 fully saturated rings. The monoisotopic (exact) mass is 394 g/mol. The number of carbonyl (C=O) groups is 1. The second kappa shape index (κ2) is 8.62. The van der Waals surface area contributed by atoms with E-state index in [1.807, 2.05) is 71.6 Å². The van der Waals surface area contributed by atoms with Gasteiger partial charge >= 0.3 is 0 Å². The number of rotatable bonds is 6. The normalized spacial score (nSPS) is 11.0. The quantitative estimate of drug-likeness (QED) is 0.309. The third kappa shape index (κ3) is 4.23. The van der Waals surface area contributed by atoms with Gasteiger partial charge in [-0.25, -0.2) is 4.68 Å². The number of ether oxygens (including phenoxy) is 1. The van der Waals surface area contributed by atoms with Crippen LogP contribution in [-0.2, 0) is 0 Å². The van der Waals surface area contributed by atoms with Crippen LogP contribution in [0.1, 0.15) is 21.5 Å². The molecule has 4 heteroatoms. The summed E-state index contributed by atoms with van der Waals surface area (Å²) in [5.74, 6) is 0.572. The lowest BCUT2D eigenvalue weighted by Gasteiger charge is -2.02. The number of benzene rings is 3. The van der Waals surface area contributed by atoms with Crippen LogP contribution in [0.25, 0.3) is 23.0 Å². The molecular weight excluding hydrogens is 372 g/mol. The van der Waals surface area contributed by atoms with Crippen molar-refractivity contribution in [2.24, 2.45) is 0 Å². The molecule has 0 radical (unpaired) electrons. The molecule has 0 aliphatic heterocycles. The molecule has 30 heavy (non-hydrogen) atoms. The minimum atomic E-state index is -0.0868. The first-order valence-corrected chi connectivity index (χ1v) is 9.72. The van der Waals surface area contributed by atoms with Crippen LogP contribution < -0.4 is 4.74 Å². The maximum Gasteiger partial charge on any atom is 0.185 e. The highest BCUT2D eigenvalue weighted by atomic mass is 16.5. The molecule has 0 aliphatic rings. The molecule has 0 bridgehead atoms. The van der Waals surface area contributed by atoms with Crippen LogP contribution >= 0.6 is 0 Å². The Hall–Kier alpha value is -3.92. The lowest BCUT2D eigenvalue weighted by atomic mass is 10.0. The van der Waals surface area contributed by atoms with Crippen molar-refractivity contribution in [3.8, 4) is 22.7 Å². The van der Waals surface area contributed by atoms with Gasteiger partial charge in [0.15, 0.2) is 5.78 Å². The van der Waals surface area contributed by atoms with Gasteiger partial charge in [0.05, 0.1) is 18.5 Å². The molecule has 0 saturated heterocycles. The molecule has 4 rings (SSSR count). The predicted molar refractivity (Wildman–Crippen MR) is 120 cm³/mol. The van der Waals surface area contributed by atoms with Crippen LogP contribution in [-0.4, -0.2) is 22.7 Å². The average molecular weight is 394 g/mol. The van der Waals surface area contributed by atoms with Crippen molar-refractivity contribution in [2.45, 2.75) is 6.92 Å². The summed E-state index contributed by atoms with van der Waals surface area (Å²) in [6.07, 6.45) is 5.35. The summed E-state index contributed by atoms with van der Waals surface area (Å²) in [7, 11) is 1.59. The van der Waals surface area contributed by atoms with E-state index in [1.54, 1.807) is 25.3 Å². The van der Waals surface area contributed by atoms with Crippen molar-refractivity contribution in [2.75, 3.05) is 7.11 Å². The summed E-state index contributed by atoms with van der Waals surface area (Å²) in [5, 5.41) is 4.79. The topological polar surface area (TPSA) is 44.1 Å². The van der Waals surface area contributed by atoms with E-state index in [4.69, 9.17) is 9.84 Å². The Labute approximate surface area is 176 Å². The zero-order chi connectivity index (χ0) is 20.9. The minimum absolute atomic E-state index is 0.0868. The molecule has 0 aliphatic carbocycles. The van der Waals surface area contributed by atoms with Gasteiger partial charge in [0.2, 0.25) is 0 Å². The van der Waals surface area contributed by atoms with Crippen LogP contribution in [0.3, 0.4) is 0 Å². The van der Waals surface area contributed by atoms with Crippen LogP contribution in [0.15, 0.2) is 91.1 Å². The third-order valence-corrected chi connectivity index (χ3v) is 4.86. The Balaban J connectivity index is 1.72. The first kappa shape index (κ1) is 19.4. The number of carbonyl (C=O) groups excluding carboxylic acids is 1. The fourth-order valence-electron chi connectivity index (χ4n) is 3.20. The maximum atomic E-state index is 12.7. The van der Waals surface area contributed by atoms with E-state index in [-0.39, 0.29) is 5.78 Å². The van der Waals surface area contributed by atoms with Crippen LogP contribution in [0.5, 0.6) is 5.75 Å². The third-order valence-electron chi connectivity index (χ3n) is 4.86. The molecule has 148 valence electrons. The molecule has 1 heterocycles. The molecule has 0 spiro atoms. The Bertz CT molecular complexity index is 1190. The number of aryl methyl sites for hydroxylation is 1. The number of nitrogens with zero attached hydrogens (tertiary/aromatic N) is 2. The number of ketones is 1. The standard InChI is InChI=1S/C26H22N2O2/c1-19-11-13-20(14-12-19)26-22(18-28(27-26)23-8-4-3-5-9-23)15-16-25(29)21-7-6-10-24(17-21)30-2/h3-18H,1-2H3/b16-15+. The van der Waals surface area contributed by atoms with Gasteiger partial charge in [-0.15, -0.1) is 0 Å². The smallest absolute Gasteiger partial charge is 0.185 e. The van der Waals surface area contributed by atoms with E-state index in [9.17, 15) is 4.79 Å². The number of hydrogen-bond donors (Lipinski definition) is 0. The molecule has 0 saturated carbocycles. The summed E-state index contributed by atoms with van der Waals surface area (Å²) >= 11 is 0. The van der Waals surface area contributed by atoms with E-state index in [1.165, 1.54) is 5.56 Å². The second-order valence-corrected chi connectivity index (χ2v) is 7.01. The van der Waals surface area contributed by atoms with Crippen molar-refractivity contribution < 1.29 is 9.53 Å². The number of hydrogen-bond acceptors (Lipinski definition) is 3. The largest absolute Gasteiger partial charge is 0.497 e. The summed E-state index contributed by atoms with van der Waals surface area (Å²) in [5.41, 5.74) is 5.44. The zero-order valence-electron chi connectivity index (χ0n) is 16.9. The van der Waals surface area contributed by atoms with Crippen LogP contribution in [0, 0.1) is 6.92 Å². The van der Waals surface area contributed by atoms with Crippen LogP contribution in [0.2, 0.25) is 0 Å². The Morgan fingerprint density at radius 1 is 0.967 bits per heavy atom. The van der Waals surface area contributed by atoms with Gasteiger partial charge in [0.25, 0.3) is 0 Å². The molecule has 0 N–H and O–H groups in total. The number of aromatic nitrogens is 2. The minimum Gasteiger partial charge on any atom is -0.497 e. The summed E-state index contributed by atoms with van der Waals surface area (Å²) in [6, 6.07) is 25.3. The number of methoxy groups -OCH3 is 1. The first-order chi connectivity index (χ1) is 14.6. The van der Waals surface area contributed by atoms with E-state index < -0.39 is 0 Å². The summed E-state index contributed by atoms with van der Waals surface area (Å²) in [4.78, 5) is 12.7. The Morgan fingerprint density at radius 2 is 1.73 bits per heavy atom. The Kier molecular flexibility index (Phi) is 5.57. The molecule has 0 atom stereocenters. The van der Waals surface area contributed by atoms with Crippen molar-refractivity contribution in [1.82, 2.24) is 9.78 Å². The van der Waals surface area contributed by atoms with Gasteiger partial charge < -0.3 is 4.74 Å².